The van der Waals surface area contributed by atoms with Gasteiger partial charge in [0.25, 0.3) is 0 Å². The Morgan fingerprint density at radius 2 is 2.00 bits per heavy atom. The molecule has 3 heterocycles. The number of ether oxygens (including phenoxy) is 1. The van der Waals surface area contributed by atoms with E-state index in [1.807, 2.05) is 19.1 Å². The van der Waals surface area contributed by atoms with Crippen LogP contribution in [0, 0.1) is 12.8 Å². The number of nitrogens with zero attached hydrogens (tertiary/aromatic N) is 3. The number of carbonyl (C=O) groups excluding carboxylic acids is 1. The summed E-state index contributed by atoms with van der Waals surface area (Å²) in [6, 6.07) is 10.6. The third kappa shape index (κ3) is 5.88. The number of pyridine rings is 1. The first-order valence-electron chi connectivity index (χ1n) is 11.8. The van der Waals surface area contributed by atoms with Crippen molar-refractivity contribution >= 4 is 11.7 Å². The summed E-state index contributed by atoms with van der Waals surface area (Å²) in [6.07, 6.45) is -1.85. The minimum atomic E-state index is -4.49. The molecule has 0 radical (unpaired) electrons. The number of halogens is 3. The number of hydrogen-bond donors (Lipinski definition) is 1. The second kappa shape index (κ2) is 10.7. The molecule has 0 bridgehead atoms. The number of aromatic nitrogens is 1. The normalized spacial score (nSPS) is 20.7. The number of amides is 1. The molecule has 2 unspecified atom stereocenters. The summed E-state index contributed by atoms with van der Waals surface area (Å²) < 4.78 is 45.9. The van der Waals surface area contributed by atoms with E-state index in [9.17, 15) is 18.0 Å². The fraction of sp³-hybridized carbons (Fsp3) is 0.520. The van der Waals surface area contributed by atoms with Gasteiger partial charge in [0.05, 0.1) is 30.7 Å². The fourth-order valence-corrected chi connectivity index (χ4v) is 4.82. The molecule has 2 saturated heterocycles. The average molecular weight is 477 g/mol. The minimum absolute atomic E-state index is 0.0139. The molecular weight excluding hydrogens is 445 g/mol. The molecule has 2 atom stereocenters. The Morgan fingerprint density at radius 1 is 1.21 bits per heavy atom. The number of anilines is 1. The van der Waals surface area contributed by atoms with Crippen molar-refractivity contribution in [1.82, 2.24) is 15.2 Å². The Morgan fingerprint density at radius 3 is 2.74 bits per heavy atom. The van der Waals surface area contributed by atoms with Crippen LogP contribution in [0.2, 0.25) is 0 Å². The third-order valence-corrected chi connectivity index (χ3v) is 6.57. The van der Waals surface area contributed by atoms with Crippen LogP contribution >= 0.6 is 0 Å². The lowest BCUT2D eigenvalue weighted by Gasteiger charge is -2.36. The summed E-state index contributed by atoms with van der Waals surface area (Å²) in [6.45, 7) is 6.02. The molecule has 9 heteroatoms. The Hall–Kier alpha value is -2.65. The summed E-state index contributed by atoms with van der Waals surface area (Å²) in [7, 11) is 0. The van der Waals surface area contributed by atoms with Crippen LogP contribution in [0.1, 0.15) is 35.6 Å². The number of alkyl halides is 3. The van der Waals surface area contributed by atoms with Gasteiger partial charge in [-0.1, -0.05) is 29.8 Å². The first kappa shape index (κ1) is 24.5. The van der Waals surface area contributed by atoms with Crippen LogP contribution in [0.25, 0.3) is 0 Å². The number of piperidine rings is 1. The molecule has 184 valence electrons. The van der Waals surface area contributed by atoms with E-state index in [0.717, 1.165) is 30.3 Å². The van der Waals surface area contributed by atoms with Gasteiger partial charge in [0.2, 0.25) is 5.91 Å². The van der Waals surface area contributed by atoms with Crippen LogP contribution in [0.15, 0.2) is 42.6 Å². The first-order chi connectivity index (χ1) is 16.3. The van der Waals surface area contributed by atoms with Crippen LogP contribution in [-0.4, -0.2) is 61.7 Å². The first-order valence-corrected chi connectivity index (χ1v) is 11.8. The minimum Gasteiger partial charge on any atom is -0.379 e. The predicted octanol–water partition coefficient (Wildman–Crippen LogP) is 3.81. The zero-order chi connectivity index (χ0) is 24.1. The van der Waals surface area contributed by atoms with Crippen molar-refractivity contribution in [3.05, 3.63) is 59.3 Å². The van der Waals surface area contributed by atoms with Crippen LogP contribution in [0.4, 0.5) is 19.0 Å². The quantitative estimate of drug-likeness (QED) is 0.687. The largest absolute Gasteiger partial charge is 0.419 e. The van der Waals surface area contributed by atoms with Gasteiger partial charge in [-0.05, 0) is 37.5 Å². The van der Waals surface area contributed by atoms with Gasteiger partial charge in [-0.3, -0.25) is 9.69 Å². The van der Waals surface area contributed by atoms with E-state index in [1.54, 1.807) is 4.90 Å². The maximum Gasteiger partial charge on any atom is 0.419 e. The molecule has 0 spiro atoms. The zero-order valence-electron chi connectivity index (χ0n) is 19.4. The van der Waals surface area contributed by atoms with E-state index in [2.05, 4.69) is 27.3 Å². The van der Waals surface area contributed by atoms with Crippen molar-refractivity contribution < 1.29 is 22.7 Å². The Balaban J connectivity index is 1.44. The predicted molar refractivity (Wildman–Crippen MR) is 123 cm³/mol. The van der Waals surface area contributed by atoms with Gasteiger partial charge in [0.15, 0.2) is 0 Å². The lowest BCUT2D eigenvalue weighted by atomic mass is 9.96. The molecule has 6 nitrogen and oxygen atoms in total. The molecule has 2 aliphatic heterocycles. The molecule has 2 fully saturated rings. The number of carbonyl (C=O) groups is 1. The van der Waals surface area contributed by atoms with Crippen LogP contribution in [0.3, 0.4) is 0 Å². The van der Waals surface area contributed by atoms with Crippen LogP contribution in [0.5, 0.6) is 0 Å². The number of rotatable bonds is 6. The second-order valence-electron chi connectivity index (χ2n) is 8.98. The summed E-state index contributed by atoms with van der Waals surface area (Å²) in [5.74, 6) is -0.613. The van der Waals surface area contributed by atoms with Crippen molar-refractivity contribution in [3.63, 3.8) is 0 Å². The topological polar surface area (TPSA) is 57.7 Å². The van der Waals surface area contributed by atoms with E-state index >= 15 is 0 Å². The summed E-state index contributed by atoms with van der Waals surface area (Å²) in [4.78, 5) is 21.0. The van der Waals surface area contributed by atoms with Crippen molar-refractivity contribution in [3.8, 4) is 0 Å². The molecule has 2 aromatic rings. The molecular formula is C25H31F3N4O2. The molecule has 1 N–H and O–H groups in total. The van der Waals surface area contributed by atoms with E-state index in [1.165, 1.54) is 12.3 Å². The van der Waals surface area contributed by atoms with Crippen molar-refractivity contribution in [2.75, 3.05) is 50.8 Å². The average Bonchev–Trinajstić information content (AvgIpc) is 2.84. The lowest BCUT2D eigenvalue weighted by molar-refractivity contribution is -0.137. The maximum absolute atomic E-state index is 13.5. The Kier molecular flexibility index (Phi) is 7.73. The lowest BCUT2D eigenvalue weighted by Crippen LogP contribution is -2.47. The monoisotopic (exact) mass is 476 g/mol. The zero-order valence-corrected chi connectivity index (χ0v) is 19.4. The highest BCUT2D eigenvalue weighted by molar-refractivity contribution is 5.79. The van der Waals surface area contributed by atoms with Crippen molar-refractivity contribution in [1.29, 1.82) is 0 Å². The molecule has 4 rings (SSSR count). The highest BCUT2D eigenvalue weighted by Gasteiger charge is 2.37. The molecule has 0 saturated carbocycles. The highest BCUT2D eigenvalue weighted by atomic mass is 19.4. The fourth-order valence-electron chi connectivity index (χ4n) is 4.82. The molecule has 1 aromatic heterocycles. The van der Waals surface area contributed by atoms with Crippen molar-refractivity contribution in [2.45, 2.75) is 32.0 Å². The van der Waals surface area contributed by atoms with Gasteiger partial charge < -0.3 is 15.0 Å². The third-order valence-electron chi connectivity index (χ3n) is 6.57. The van der Waals surface area contributed by atoms with Gasteiger partial charge in [0, 0.05) is 38.9 Å². The van der Waals surface area contributed by atoms with E-state index in [-0.39, 0.29) is 30.2 Å². The summed E-state index contributed by atoms with van der Waals surface area (Å²) >= 11 is 0. The SMILES string of the molecule is Cc1cccc(C(CNC(=O)C2CCCN(c3ncccc3C(F)(F)F)C2)N2CCOCC2)c1. The van der Waals surface area contributed by atoms with Crippen molar-refractivity contribution in [2.24, 2.45) is 5.92 Å². The second-order valence-corrected chi connectivity index (χ2v) is 8.98. The number of aryl methyl sites for hydroxylation is 1. The Labute approximate surface area is 198 Å². The summed E-state index contributed by atoms with van der Waals surface area (Å²) in [5, 5.41) is 3.09. The van der Waals surface area contributed by atoms with Gasteiger partial charge in [-0.15, -0.1) is 0 Å². The molecule has 1 aromatic carbocycles. The Bertz CT molecular complexity index is 979. The van der Waals surface area contributed by atoms with Gasteiger partial charge in [0.1, 0.15) is 5.82 Å². The van der Waals surface area contributed by atoms with Crippen LogP contribution < -0.4 is 10.2 Å². The number of benzene rings is 1. The van der Waals surface area contributed by atoms with E-state index in [4.69, 9.17) is 4.74 Å². The van der Waals surface area contributed by atoms with Gasteiger partial charge in [-0.2, -0.15) is 13.2 Å². The number of nitrogens with one attached hydrogen (secondary N) is 1. The smallest absolute Gasteiger partial charge is 0.379 e. The molecule has 2 aliphatic rings. The molecule has 0 aliphatic carbocycles. The molecule has 1 amide bonds. The van der Waals surface area contributed by atoms with E-state index in [0.29, 0.717) is 39.1 Å². The van der Waals surface area contributed by atoms with E-state index < -0.39 is 11.7 Å². The van der Waals surface area contributed by atoms with Gasteiger partial charge >= 0.3 is 6.18 Å². The number of hydrogen-bond acceptors (Lipinski definition) is 5. The highest BCUT2D eigenvalue weighted by Crippen LogP contribution is 2.36. The van der Waals surface area contributed by atoms with Gasteiger partial charge in [-0.25, -0.2) is 4.98 Å². The summed E-state index contributed by atoms with van der Waals surface area (Å²) in [5.41, 5.74) is 1.53. The van der Waals surface area contributed by atoms with Crippen LogP contribution in [-0.2, 0) is 15.7 Å². The number of morpholine rings is 1. The maximum atomic E-state index is 13.5. The standard InChI is InChI=1S/C25H31F3N4O2/c1-18-5-2-6-19(15-18)22(31-11-13-34-14-12-31)16-30-24(33)20-7-4-10-32(17-20)23-21(25(26,27)28)8-3-9-29-23/h2-3,5-6,8-9,15,20,22H,4,7,10-14,16-17H2,1H3,(H,30,33). The molecule has 34 heavy (non-hydrogen) atoms.